The van der Waals surface area contributed by atoms with E-state index in [-0.39, 0.29) is 18.7 Å². The van der Waals surface area contributed by atoms with Crippen LogP contribution in [0.3, 0.4) is 0 Å². The van der Waals surface area contributed by atoms with E-state index in [1.807, 2.05) is 10.7 Å². The highest BCUT2D eigenvalue weighted by atomic mass is 19.1. The average molecular weight is 485 g/mol. The number of fused-ring (bicyclic) bond motifs is 1. The first-order valence-corrected chi connectivity index (χ1v) is 12.5. The number of nitrogens with zero attached hydrogens (tertiary/aromatic N) is 5. The number of piperidine rings is 1. The minimum Gasteiger partial charge on any atom is -0.444 e. The molecule has 1 saturated carbocycles. The third-order valence-corrected chi connectivity index (χ3v) is 7.17. The highest BCUT2D eigenvalue weighted by Gasteiger charge is 2.33. The molecule has 2 aromatic rings. The van der Waals surface area contributed by atoms with Crippen molar-refractivity contribution in [1.29, 1.82) is 0 Å². The summed E-state index contributed by atoms with van der Waals surface area (Å²) >= 11 is 0. The summed E-state index contributed by atoms with van der Waals surface area (Å²) in [6.45, 7) is 9.08. The molecule has 2 amide bonds. The SMILES string of the molecule is C=C(F)C(=O)N1CC[C@@H](OC(=O)N2CCC(Nc3cc(C4CC4)nc4c(C(C)C)cnn34)CC2)C1. The Hall–Kier alpha value is -3.17. The molecule has 9 nitrogen and oxygen atoms in total. The molecule has 0 unspecified atom stereocenters. The van der Waals surface area contributed by atoms with Crippen molar-refractivity contribution >= 4 is 23.5 Å². The molecule has 0 spiro atoms. The van der Waals surface area contributed by atoms with E-state index < -0.39 is 17.8 Å². The number of hydrogen-bond acceptors (Lipinski definition) is 6. The van der Waals surface area contributed by atoms with Crippen LogP contribution in [0.15, 0.2) is 24.7 Å². The van der Waals surface area contributed by atoms with E-state index in [1.165, 1.54) is 17.7 Å². The monoisotopic (exact) mass is 484 g/mol. The van der Waals surface area contributed by atoms with Gasteiger partial charge >= 0.3 is 6.09 Å². The van der Waals surface area contributed by atoms with Gasteiger partial charge in [0.15, 0.2) is 11.5 Å². The van der Waals surface area contributed by atoms with Crippen molar-refractivity contribution in [3.8, 4) is 0 Å². The maximum absolute atomic E-state index is 13.1. The third kappa shape index (κ3) is 4.97. The number of aromatic nitrogens is 3. The van der Waals surface area contributed by atoms with Gasteiger partial charge in [-0.25, -0.2) is 14.2 Å². The van der Waals surface area contributed by atoms with Crippen molar-refractivity contribution in [2.24, 2.45) is 0 Å². The van der Waals surface area contributed by atoms with Gasteiger partial charge in [0, 0.05) is 55.3 Å². The second kappa shape index (κ2) is 9.47. The zero-order valence-corrected chi connectivity index (χ0v) is 20.4. The number of ether oxygens (including phenoxy) is 1. The molecule has 188 valence electrons. The lowest BCUT2D eigenvalue weighted by Gasteiger charge is -2.33. The van der Waals surface area contributed by atoms with E-state index in [2.05, 4.69) is 36.9 Å². The minimum atomic E-state index is -0.988. The lowest BCUT2D eigenvalue weighted by atomic mass is 10.1. The molecule has 1 aliphatic carbocycles. The van der Waals surface area contributed by atoms with Crippen molar-refractivity contribution in [3.63, 3.8) is 0 Å². The molecular formula is C25H33FN6O3. The summed E-state index contributed by atoms with van der Waals surface area (Å²) in [5.41, 5.74) is 3.20. The summed E-state index contributed by atoms with van der Waals surface area (Å²) in [4.78, 5) is 32.4. The van der Waals surface area contributed by atoms with Gasteiger partial charge in [0.2, 0.25) is 0 Å². The van der Waals surface area contributed by atoms with Crippen molar-refractivity contribution in [2.45, 2.75) is 69.9 Å². The van der Waals surface area contributed by atoms with Crippen LogP contribution in [0, 0.1) is 0 Å². The van der Waals surface area contributed by atoms with Crippen LogP contribution >= 0.6 is 0 Å². The van der Waals surface area contributed by atoms with Crippen LogP contribution in [0.5, 0.6) is 0 Å². The van der Waals surface area contributed by atoms with Crippen LogP contribution in [-0.2, 0) is 9.53 Å². The third-order valence-electron chi connectivity index (χ3n) is 7.17. The number of hydrogen-bond donors (Lipinski definition) is 1. The van der Waals surface area contributed by atoms with E-state index >= 15 is 0 Å². The number of halogens is 1. The molecule has 1 N–H and O–H groups in total. The predicted molar refractivity (Wildman–Crippen MR) is 129 cm³/mol. The van der Waals surface area contributed by atoms with E-state index in [4.69, 9.17) is 9.72 Å². The minimum absolute atomic E-state index is 0.204. The zero-order valence-electron chi connectivity index (χ0n) is 20.4. The molecule has 1 atom stereocenters. The Morgan fingerprint density at radius 1 is 1.14 bits per heavy atom. The maximum Gasteiger partial charge on any atom is 0.410 e. The van der Waals surface area contributed by atoms with E-state index in [0.717, 1.165) is 35.6 Å². The van der Waals surface area contributed by atoms with Gasteiger partial charge in [0.1, 0.15) is 11.9 Å². The molecule has 3 fully saturated rings. The fourth-order valence-corrected chi connectivity index (χ4v) is 4.91. The van der Waals surface area contributed by atoms with Crippen molar-refractivity contribution in [2.75, 3.05) is 31.5 Å². The highest BCUT2D eigenvalue weighted by molar-refractivity contribution is 5.90. The van der Waals surface area contributed by atoms with E-state index in [1.54, 1.807) is 4.90 Å². The Balaban J connectivity index is 1.18. The second-order valence-electron chi connectivity index (χ2n) is 10.2. The molecule has 35 heavy (non-hydrogen) atoms. The first-order chi connectivity index (χ1) is 16.8. The summed E-state index contributed by atoms with van der Waals surface area (Å²) in [7, 11) is 0. The molecule has 2 aromatic heterocycles. The topological polar surface area (TPSA) is 92.1 Å². The van der Waals surface area contributed by atoms with Gasteiger partial charge in [-0.1, -0.05) is 20.4 Å². The van der Waals surface area contributed by atoms with Gasteiger partial charge in [-0.3, -0.25) is 4.79 Å². The van der Waals surface area contributed by atoms with Gasteiger partial charge in [-0.05, 0) is 31.6 Å². The van der Waals surface area contributed by atoms with Crippen LogP contribution in [0.2, 0.25) is 0 Å². The molecule has 10 heteroatoms. The molecule has 0 radical (unpaired) electrons. The van der Waals surface area contributed by atoms with Gasteiger partial charge in [0.25, 0.3) is 5.91 Å². The van der Waals surface area contributed by atoms with Crippen LogP contribution in [0.1, 0.15) is 69.0 Å². The fourth-order valence-electron chi connectivity index (χ4n) is 4.91. The number of rotatable bonds is 6. The molecule has 5 rings (SSSR count). The number of anilines is 1. The molecule has 2 saturated heterocycles. The van der Waals surface area contributed by atoms with Crippen molar-refractivity contribution in [3.05, 3.63) is 35.9 Å². The lowest BCUT2D eigenvalue weighted by molar-refractivity contribution is -0.128. The maximum atomic E-state index is 13.1. The highest BCUT2D eigenvalue weighted by Crippen LogP contribution is 2.40. The van der Waals surface area contributed by atoms with Gasteiger partial charge in [-0.2, -0.15) is 9.61 Å². The van der Waals surface area contributed by atoms with Crippen LogP contribution in [0.4, 0.5) is 15.0 Å². The van der Waals surface area contributed by atoms with Crippen LogP contribution in [-0.4, -0.2) is 74.7 Å². The normalized spacial score (nSPS) is 21.1. The summed E-state index contributed by atoms with van der Waals surface area (Å²) in [6.07, 6.45) is 5.56. The summed E-state index contributed by atoms with van der Waals surface area (Å²) in [5, 5.41) is 8.26. The standard InChI is InChI=1S/C25H33FN6O3/c1-15(2)20-13-27-32-22(12-21(17-4-5-17)29-23(20)32)28-18-6-9-30(10-7-18)25(34)35-19-8-11-31(14-19)24(33)16(3)26/h12-13,15,17-19,28H,3-11,14H2,1-2H3/t19-/m1/s1. The Kier molecular flexibility index (Phi) is 6.37. The first kappa shape index (κ1) is 23.6. The average Bonchev–Trinajstić information content (AvgIpc) is 3.43. The zero-order chi connectivity index (χ0) is 24.7. The van der Waals surface area contributed by atoms with Gasteiger partial charge in [0.05, 0.1) is 12.7 Å². The van der Waals surface area contributed by atoms with Gasteiger partial charge in [-0.15, -0.1) is 0 Å². The quantitative estimate of drug-likeness (QED) is 0.627. The Labute approximate surface area is 204 Å². The number of likely N-dealkylation sites (tertiary alicyclic amines) is 2. The first-order valence-electron chi connectivity index (χ1n) is 12.5. The van der Waals surface area contributed by atoms with E-state index in [0.29, 0.717) is 37.9 Å². The van der Waals surface area contributed by atoms with Crippen LogP contribution in [0.25, 0.3) is 5.65 Å². The Morgan fingerprint density at radius 3 is 2.51 bits per heavy atom. The molecule has 2 aliphatic heterocycles. The molecule has 0 bridgehead atoms. The summed E-state index contributed by atoms with van der Waals surface area (Å²) in [6, 6.07) is 2.33. The predicted octanol–water partition coefficient (Wildman–Crippen LogP) is 3.83. The largest absolute Gasteiger partial charge is 0.444 e. The second-order valence-corrected chi connectivity index (χ2v) is 10.2. The molecule has 4 heterocycles. The van der Waals surface area contributed by atoms with Crippen LogP contribution < -0.4 is 5.32 Å². The number of carbonyl (C=O) groups excluding carboxylic acids is 2. The fraction of sp³-hybridized carbons (Fsp3) is 0.600. The Morgan fingerprint density at radius 2 is 1.86 bits per heavy atom. The van der Waals surface area contributed by atoms with E-state index in [9.17, 15) is 14.0 Å². The number of amides is 2. The number of carbonyl (C=O) groups is 2. The number of nitrogens with one attached hydrogen (secondary N) is 1. The summed E-state index contributed by atoms with van der Waals surface area (Å²) < 4.78 is 20.6. The molecular weight excluding hydrogens is 451 g/mol. The smallest absolute Gasteiger partial charge is 0.410 e. The van der Waals surface area contributed by atoms with Crippen molar-refractivity contribution < 1.29 is 18.7 Å². The van der Waals surface area contributed by atoms with Gasteiger partial charge < -0.3 is 19.9 Å². The molecule has 0 aromatic carbocycles. The molecule has 3 aliphatic rings. The summed E-state index contributed by atoms with van der Waals surface area (Å²) in [5.74, 6) is 0.116. The lowest BCUT2D eigenvalue weighted by Crippen LogP contribution is -2.44. The Bertz CT molecular complexity index is 1140. The van der Waals surface area contributed by atoms with Crippen molar-refractivity contribution in [1.82, 2.24) is 24.4 Å².